The number of hydrogen-bond acceptors (Lipinski definition) is 5. The van der Waals surface area contributed by atoms with Crippen LogP contribution in [0.1, 0.15) is 5.56 Å². The average molecular weight is 555 g/mol. The van der Waals surface area contributed by atoms with Gasteiger partial charge >= 0.3 is 0 Å². The Kier molecular flexibility index (Phi) is 6.10. The van der Waals surface area contributed by atoms with Crippen molar-refractivity contribution in [1.29, 1.82) is 0 Å². The zero-order chi connectivity index (χ0) is 22.8. The first kappa shape index (κ1) is 21.8. The minimum absolute atomic E-state index is 0.00659. The third-order valence-corrected chi connectivity index (χ3v) is 5.87. The summed E-state index contributed by atoms with van der Waals surface area (Å²) in [4.78, 5) is 40.3. The van der Waals surface area contributed by atoms with Crippen LogP contribution in [0.2, 0.25) is 0 Å². The van der Waals surface area contributed by atoms with Crippen LogP contribution in [0.3, 0.4) is 0 Å². The second kappa shape index (κ2) is 8.97. The van der Waals surface area contributed by atoms with Gasteiger partial charge < -0.3 is 0 Å². The van der Waals surface area contributed by atoms with Crippen LogP contribution in [-0.2, 0) is 9.59 Å². The molecule has 0 bridgehead atoms. The Morgan fingerprint density at radius 3 is 1.94 bits per heavy atom. The molecule has 3 aromatic rings. The predicted molar refractivity (Wildman–Crippen MR) is 134 cm³/mol. The Morgan fingerprint density at radius 1 is 0.812 bits per heavy atom. The van der Waals surface area contributed by atoms with Crippen LogP contribution in [0, 0.1) is 13.7 Å². The smallest absolute Gasteiger partial charge is 0.268 e. The topological polar surface area (TPSA) is 83.8 Å². The van der Waals surface area contributed by atoms with Crippen molar-refractivity contribution in [3.63, 3.8) is 0 Å². The van der Waals surface area contributed by atoms with Crippen LogP contribution >= 0.6 is 34.8 Å². The van der Waals surface area contributed by atoms with Gasteiger partial charge in [0, 0.05) is 9.64 Å². The lowest BCUT2D eigenvalue weighted by Gasteiger charge is -2.36. The Balaban J connectivity index is 1.90. The third-order valence-electron chi connectivity index (χ3n) is 4.78. The molecule has 0 saturated carbocycles. The Bertz CT molecular complexity index is 1280. The normalized spacial score (nSPS) is 15.4. The first-order chi connectivity index (χ1) is 15.4. The fourth-order valence-corrected chi connectivity index (χ4v) is 4.02. The number of halogens is 1. The van der Waals surface area contributed by atoms with Crippen LogP contribution in [-0.4, -0.2) is 21.9 Å². The predicted octanol–water partition coefficient (Wildman–Crippen LogP) is 4.95. The second-order valence-electron chi connectivity index (χ2n) is 6.75. The minimum Gasteiger partial charge on any atom is -0.268 e. The molecule has 1 aliphatic heterocycles. The van der Waals surface area contributed by atoms with Gasteiger partial charge in [-0.05, 0) is 83.3 Å². The van der Waals surface area contributed by atoms with Gasteiger partial charge in [-0.25, -0.2) is 0 Å². The summed E-state index contributed by atoms with van der Waals surface area (Å²) in [5, 5.41) is 11.5. The van der Waals surface area contributed by atoms with Crippen molar-refractivity contribution in [2.75, 3.05) is 9.80 Å². The van der Waals surface area contributed by atoms with Crippen LogP contribution in [0.5, 0.6) is 0 Å². The minimum atomic E-state index is -0.647. The van der Waals surface area contributed by atoms with E-state index in [1.54, 1.807) is 48.5 Å². The number of nitrogens with zero attached hydrogens (tertiary/aromatic N) is 3. The molecule has 3 aromatic carbocycles. The lowest BCUT2D eigenvalue weighted by Crippen LogP contribution is -2.56. The highest BCUT2D eigenvalue weighted by Gasteiger charge is 2.41. The van der Waals surface area contributed by atoms with Gasteiger partial charge in [0.05, 0.1) is 21.9 Å². The highest BCUT2D eigenvalue weighted by molar-refractivity contribution is 14.1. The molecule has 0 aromatic heterocycles. The summed E-state index contributed by atoms with van der Waals surface area (Å²) in [5.41, 5.74) is 0.690. The molecule has 1 fully saturated rings. The van der Waals surface area contributed by atoms with E-state index in [2.05, 4.69) is 22.6 Å². The molecule has 32 heavy (non-hydrogen) atoms. The molecule has 0 atom stereocenters. The molecule has 1 saturated heterocycles. The van der Waals surface area contributed by atoms with Gasteiger partial charge in [-0.1, -0.05) is 30.3 Å². The van der Waals surface area contributed by atoms with Crippen molar-refractivity contribution in [2.45, 2.75) is 0 Å². The van der Waals surface area contributed by atoms with E-state index in [-0.39, 0.29) is 21.9 Å². The highest BCUT2D eigenvalue weighted by atomic mass is 127. The lowest BCUT2D eigenvalue weighted by molar-refractivity contribution is -0.385. The maximum atomic E-state index is 13.4. The molecule has 0 radical (unpaired) electrons. The standard InChI is InChI=1S/C23H14IN3O4S/c24-16-10-12-18(13-11-16)26-22(29)19(14-15-6-4-5-9-20(15)27(30)31)21(28)25(23(26)32)17-7-2-1-3-8-17/h1-14H. The van der Waals surface area contributed by atoms with Crippen molar-refractivity contribution < 1.29 is 14.5 Å². The van der Waals surface area contributed by atoms with Gasteiger partial charge in [-0.3, -0.25) is 29.5 Å². The van der Waals surface area contributed by atoms with Crippen molar-refractivity contribution in [1.82, 2.24) is 0 Å². The summed E-state index contributed by atoms with van der Waals surface area (Å²) in [7, 11) is 0. The van der Waals surface area contributed by atoms with Crippen molar-refractivity contribution in [2.24, 2.45) is 0 Å². The summed E-state index contributed by atoms with van der Waals surface area (Å²) in [6.07, 6.45) is 1.25. The van der Waals surface area contributed by atoms with Crippen molar-refractivity contribution in [3.8, 4) is 0 Å². The van der Waals surface area contributed by atoms with Gasteiger partial charge in [0.15, 0.2) is 5.11 Å². The first-order valence-corrected chi connectivity index (χ1v) is 10.9. The first-order valence-electron chi connectivity index (χ1n) is 9.37. The van der Waals surface area contributed by atoms with Gasteiger partial charge in [0.1, 0.15) is 5.57 Å². The summed E-state index contributed by atoms with van der Waals surface area (Å²) in [5.74, 6) is -1.29. The summed E-state index contributed by atoms with van der Waals surface area (Å²) < 4.78 is 0.966. The number of nitro groups is 1. The Morgan fingerprint density at radius 2 is 1.34 bits per heavy atom. The molecule has 0 unspecified atom stereocenters. The van der Waals surface area contributed by atoms with Gasteiger partial charge in [0.25, 0.3) is 17.5 Å². The summed E-state index contributed by atoms with van der Waals surface area (Å²) in [6.45, 7) is 0. The van der Waals surface area contributed by atoms with Gasteiger partial charge in [-0.15, -0.1) is 0 Å². The van der Waals surface area contributed by atoms with E-state index in [0.717, 1.165) is 3.57 Å². The molecule has 0 aliphatic carbocycles. The molecule has 1 aliphatic rings. The molecule has 9 heteroatoms. The average Bonchev–Trinajstić information content (AvgIpc) is 2.79. The van der Waals surface area contributed by atoms with Crippen LogP contribution in [0.4, 0.5) is 17.1 Å². The van der Waals surface area contributed by atoms with E-state index in [1.807, 2.05) is 12.1 Å². The van der Waals surface area contributed by atoms with Crippen LogP contribution in [0.15, 0.2) is 84.4 Å². The quantitative estimate of drug-likeness (QED) is 0.114. The largest absolute Gasteiger partial charge is 0.276 e. The molecule has 2 amide bonds. The molecule has 0 spiro atoms. The molecule has 1 heterocycles. The summed E-state index contributed by atoms with van der Waals surface area (Å²) >= 11 is 7.70. The SMILES string of the molecule is O=C1C(=Cc2ccccc2[N+](=O)[O-])C(=O)N(c2ccc(I)cc2)C(=S)N1c1ccccc1. The second-order valence-corrected chi connectivity index (χ2v) is 8.36. The monoisotopic (exact) mass is 555 g/mol. The van der Waals surface area contributed by atoms with Crippen LogP contribution < -0.4 is 9.80 Å². The third kappa shape index (κ3) is 4.04. The van der Waals surface area contributed by atoms with E-state index < -0.39 is 16.7 Å². The van der Waals surface area contributed by atoms with Crippen molar-refractivity contribution in [3.05, 3.63) is 104 Å². The Labute approximate surface area is 202 Å². The molecule has 158 valence electrons. The number of thiocarbonyl (C=S) groups is 1. The fraction of sp³-hybridized carbons (Fsp3) is 0. The molecule has 7 nitrogen and oxygen atoms in total. The van der Waals surface area contributed by atoms with E-state index in [4.69, 9.17) is 12.2 Å². The zero-order valence-corrected chi connectivity index (χ0v) is 19.3. The maximum absolute atomic E-state index is 13.4. The number of rotatable bonds is 4. The number of amides is 2. The molecular weight excluding hydrogens is 541 g/mol. The van der Waals surface area contributed by atoms with E-state index >= 15 is 0 Å². The highest BCUT2D eigenvalue weighted by Crippen LogP contribution is 2.31. The number of benzene rings is 3. The molecular formula is C23H14IN3O4S. The van der Waals surface area contributed by atoms with E-state index in [1.165, 1.54) is 34.1 Å². The maximum Gasteiger partial charge on any atom is 0.276 e. The van der Waals surface area contributed by atoms with Gasteiger partial charge in [-0.2, -0.15) is 0 Å². The number of hydrogen-bond donors (Lipinski definition) is 0. The number of carbonyl (C=O) groups excluding carboxylic acids is 2. The fourth-order valence-electron chi connectivity index (χ4n) is 3.28. The Hall–Kier alpha value is -3.44. The number of anilines is 2. The van der Waals surface area contributed by atoms with Gasteiger partial charge in [0.2, 0.25) is 0 Å². The summed E-state index contributed by atoms with van der Waals surface area (Å²) in [6, 6.07) is 21.7. The van der Waals surface area contributed by atoms with E-state index in [9.17, 15) is 19.7 Å². The number of nitro benzene ring substituents is 1. The lowest BCUT2D eigenvalue weighted by atomic mass is 10.0. The van der Waals surface area contributed by atoms with Crippen molar-refractivity contribution >= 4 is 74.9 Å². The molecule has 0 N–H and O–H groups in total. The number of carbonyl (C=O) groups is 2. The number of para-hydroxylation sites is 2. The van der Waals surface area contributed by atoms with E-state index in [0.29, 0.717) is 11.4 Å². The molecule has 4 rings (SSSR count). The zero-order valence-electron chi connectivity index (χ0n) is 16.3. The van der Waals surface area contributed by atoms with Crippen LogP contribution in [0.25, 0.3) is 6.08 Å².